The molecule has 0 saturated carbocycles. The first-order chi connectivity index (χ1) is 11.5. The second kappa shape index (κ2) is 8.07. The second-order valence-electron chi connectivity index (χ2n) is 4.54. The van der Waals surface area contributed by atoms with Crippen molar-refractivity contribution in [3.05, 3.63) is 38.8 Å². The Kier molecular flexibility index (Phi) is 6.10. The molecule has 2 rings (SSSR count). The van der Waals surface area contributed by atoms with E-state index in [1.165, 1.54) is 6.07 Å². The van der Waals surface area contributed by atoms with Crippen molar-refractivity contribution in [1.82, 2.24) is 9.78 Å². The number of hydrogen-bond acceptors (Lipinski definition) is 7. The maximum atomic E-state index is 12.3. The molecule has 0 aliphatic heterocycles. The maximum Gasteiger partial charge on any atom is 0.358 e. The summed E-state index contributed by atoms with van der Waals surface area (Å²) >= 11 is 6.95. The van der Waals surface area contributed by atoms with Crippen LogP contribution in [-0.2, 0) is 16.0 Å². The molecule has 24 heavy (non-hydrogen) atoms. The molecule has 0 unspecified atom stereocenters. The fourth-order valence-corrected chi connectivity index (χ4v) is 2.86. The first-order valence-electron chi connectivity index (χ1n) is 7.16. The van der Waals surface area contributed by atoms with Gasteiger partial charge in [-0.2, -0.15) is 5.10 Å². The highest BCUT2D eigenvalue weighted by molar-refractivity contribution is 7.18. The lowest BCUT2D eigenvalue weighted by atomic mass is 10.3. The third-order valence-electron chi connectivity index (χ3n) is 2.89. The Hall–Kier alpha value is -2.19. The summed E-state index contributed by atoms with van der Waals surface area (Å²) in [5, 5.41) is 4.00. The molecule has 0 radical (unpaired) electrons. The number of aromatic nitrogens is 2. The molecule has 128 valence electrons. The Morgan fingerprint density at radius 2 is 1.83 bits per heavy atom. The Bertz CT molecular complexity index is 768. The van der Waals surface area contributed by atoms with Crippen LogP contribution in [0.4, 0.5) is 0 Å². The summed E-state index contributed by atoms with van der Waals surface area (Å²) in [5.74, 6) is -1.62. The predicted octanol–water partition coefficient (Wildman–Crippen LogP) is 2.83. The number of ether oxygens (including phenoxy) is 2. The van der Waals surface area contributed by atoms with Crippen molar-refractivity contribution in [3.8, 4) is 0 Å². The zero-order valence-corrected chi connectivity index (χ0v) is 14.6. The standard InChI is InChI=1S/C15H15ClN2O5S/c1-3-22-14(20)9-7-10(15(21)23-4-2)18(17-9)8-11(19)12-5-6-13(16)24-12/h5-7H,3-4,8H2,1-2H3. The van der Waals surface area contributed by atoms with Gasteiger partial charge in [-0.25, -0.2) is 14.3 Å². The highest BCUT2D eigenvalue weighted by Gasteiger charge is 2.23. The van der Waals surface area contributed by atoms with Crippen molar-refractivity contribution < 1.29 is 23.9 Å². The summed E-state index contributed by atoms with van der Waals surface area (Å²) in [5.41, 5.74) is -0.0483. The fraction of sp³-hybridized carbons (Fsp3) is 0.333. The first-order valence-corrected chi connectivity index (χ1v) is 8.36. The largest absolute Gasteiger partial charge is 0.461 e. The van der Waals surface area contributed by atoms with Gasteiger partial charge in [0.15, 0.2) is 11.5 Å². The number of nitrogens with zero attached hydrogens (tertiary/aromatic N) is 2. The number of halogens is 1. The molecule has 0 N–H and O–H groups in total. The molecular formula is C15H15ClN2O5S. The van der Waals surface area contributed by atoms with Crippen LogP contribution in [0.15, 0.2) is 18.2 Å². The van der Waals surface area contributed by atoms with Crippen molar-refractivity contribution >= 4 is 40.7 Å². The minimum Gasteiger partial charge on any atom is -0.461 e. The van der Waals surface area contributed by atoms with Gasteiger partial charge in [-0.3, -0.25) is 4.79 Å². The van der Waals surface area contributed by atoms with Gasteiger partial charge >= 0.3 is 11.9 Å². The van der Waals surface area contributed by atoms with Gasteiger partial charge in [0, 0.05) is 6.07 Å². The molecule has 2 aromatic rings. The molecule has 0 amide bonds. The van der Waals surface area contributed by atoms with Crippen LogP contribution < -0.4 is 0 Å². The minimum absolute atomic E-state index is 0.0101. The summed E-state index contributed by atoms with van der Waals surface area (Å²) in [4.78, 5) is 36.5. The van der Waals surface area contributed by atoms with E-state index in [1.54, 1.807) is 26.0 Å². The van der Waals surface area contributed by atoms with Gasteiger partial charge in [-0.1, -0.05) is 11.6 Å². The second-order valence-corrected chi connectivity index (χ2v) is 6.26. The Labute approximate surface area is 147 Å². The van der Waals surface area contributed by atoms with Gasteiger partial charge in [0.2, 0.25) is 0 Å². The van der Waals surface area contributed by atoms with Crippen LogP contribution in [-0.4, -0.2) is 40.7 Å². The molecule has 2 aromatic heterocycles. The highest BCUT2D eigenvalue weighted by atomic mass is 35.5. The lowest BCUT2D eigenvalue weighted by molar-refractivity contribution is 0.0505. The Balaban J connectivity index is 2.30. The maximum absolute atomic E-state index is 12.3. The Morgan fingerprint density at radius 3 is 2.42 bits per heavy atom. The van der Waals surface area contributed by atoms with E-state index in [9.17, 15) is 14.4 Å². The molecule has 0 aliphatic rings. The van der Waals surface area contributed by atoms with E-state index in [1.807, 2.05) is 0 Å². The molecule has 9 heteroatoms. The SMILES string of the molecule is CCOC(=O)c1cc(C(=O)OCC)n(CC(=O)c2ccc(Cl)s2)n1. The van der Waals surface area contributed by atoms with E-state index in [0.717, 1.165) is 16.0 Å². The third-order valence-corrected chi connectivity index (χ3v) is 4.16. The van der Waals surface area contributed by atoms with Crippen molar-refractivity contribution in [1.29, 1.82) is 0 Å². The zero-order chi connectivity index (χ0) is 17.7. The van der Waals surface area contributed by atoms with E-state index in [0.29, 0.717) is 9.21 Å². The van der Waals surface area contributed by atoms with Gasteiger partial charge < -0.3 is 9.47 Å². The van der Waals surface area contributed by atoms with Crippen LogP contribution in [0.3, 0.4) is 0 Å². The van der Waals surface area contributed by atoms with Crippen LogP contribution in [0, 0.1) is 0 Å². The topological polar surface area (TPSA) is 87.5 Å². The summed E-state index contributed by atoms with van der Waals surface area (Å²) in [6.45, 7) is 3.43. The van der Waals surface area contributed by atoms with Crippen molar-refractivity contribution in [3.63, 3.8) is 0 Å². The minimum atomic E-state index is -0.673. The fourth-order valence-electron chi connectivity index (χ4n) is 1.89. The number of hydrogen-bond donors (Lipinski definition) is 0. The number of esters is 2. The molecular weight excluding hydrogens is 356 g/mol. The van der Waals surface area contributed by atoms with Crippen molar-refractivity contribution in [2.75, 3.05) is 13.2 Å². The molecule has 0 bridgehead atoms. The van der Waals surface area contributed by atoms with Gasteiger partial charge in [-0.05, 0) is 26.0 Å². The van der Waals surface area contributed by atoms with E-state index >= 15 is 0 Å². The van der Waals surface area contributed by atoms with Crippen LogP contribution >= 0.6 is 22.9 Å². The normalized spacial score (nSPS) is 10.5. The number of ketones is 1. The predicted molar refractivity (Wildman–Crippen MR) is 87.8 cm³/mol. The van der Waals surface area contributed by atoms with Gasteiger partial charge in [0.25, 0.3) is 0 Å². The molecule has 0 atom stereocenters. The monoisotopic (exact) mass is 370 g/mol. The summed E-state index contributed by atoms with van der Waals surface area (Å²) in [6.07, 6.45) is 0. The van der Waals surface area contributed by atoms with E-state index < -0.39 is 11.9 Å². The summed E-state index contributed by atoms with van der Waals surface area (Å²) in [6, 6.07) is 4.46. The summed E-state index contributed by atoms with van der Waals surface area (Å²) in [7, 11) is 0. The van der Waals surface area contributed by atoms with Gasteiger partial charge in [0.1, 0.15) is 12.2 Å². The first kappa shape index (κ1) is 18.2. The molecule has 0 spiro atoms. The quantitative estimate of drug-likeness (QED) is 0.550. The van der Waals surface area contributed by atoms with E-state index in [4.69, 9.17) is 21.1 Å². The molecule has 2 heterocycles. The van der Waals surface area contributed by atoms with E-state index in [-0.39, 0.29) is 36.9 Å². The van der Waals surface area contributed by atoms with Crippen LogP contribution in [0.1, 0.15) is 44.5 Å². The molecule has 7 nitrogen and oxygen atoms in total. The average Bonchev–Trinajstić information content (AvgIpc) is 3.14. The number of Topliss-reactive ketones (excluding diaryl/α,β-unsaturated/α-hetero) is 1. The average molecular weight is 371 g/mol. The number of thiophene rings is 1. The highest BCUT2D eigenvalue weighted by Crippen LogP contribution is 2.22. The summed E-state index contributed by atoms with van der Waals surface area (Å²) < 4.78 is 11.4. The number of rotatable bonds is 7. The number of carbonyl (C=O) groups is 3. The van der Waals surface area contributed by atoms with Gasteiger partial charge in [-0.15, -0.1) is 11.3 Å². The Morgan fingerprint density at radius 1 is 1.17 bits per heavy atom. The smallest absolute Gasteiger partial charge is 0.358 e. The number of carbonyl (C=O) groups excluding carboxylic acids is 3. The lowest BCUT2D eigenvalue weighted by Crippen LogP contribution is -2.18. The zero-order valence-electron chi connectivity index (χ0n) is 13.1. The molecule has 0 aromatic carbocycles. The molecule has 0 fully saturated rings. The van der Waals surface area contributed by atoms with E-state index in [2.05, 4.69) is 5.10 Å². The van der Waals surface area contributed by atoms with Crippen LogP contribution in [0.25, 0.3) is 0 Å². The lowest BCUT2D eigenvalue weighted by Gasteiger charge is -2.05. The van der Waals surface area contributed by atoms with Gasteiger partial charge in [0.05, 0.1) is 22.4 Å². The third kappa shape index (κ3) is 4.21. The van der Waals surface area contributed by atoms with Crippen molar-refractivity contribution in [2.45, 2.75) is 20.4 Å². The molecule has 0 saturated heterocycles. The van der Waals surface area contributed by atoms with Crippen LogP contribution in [0.5, 0.6) is 0 Å². The van der Waals surface area contributed by atoms with Crippen molar-refractivity contribution in [2.24, 2.45) is 0 Å². The molecule has 0 aliphatic carbocycles. The van der Waals surface area contributed by atoms with Crippen LogP contribution in [0.2, 0.25) is 4.34 Å².